The summed E-state index contributed by atoms with van der Waals surface area (Å²) >= 11 is 0. The number of aliphatic hydroxyl groups is 1. The Morgan fingerprint density at radius 1 is 1.42 bits per heavy atom. The van der Waals surface area contributed by atoms with Gasteiger partial charge in [0.25, 0.3) is 0 Å². The third-order valence-corrected chi connectivity index (χ3v) is 1.60. The van der Waals surface area contributed by atoms with E-state index in [1.807, 2.05) is 0 Å². The molecule has 0 amide bonds. The van der Waals surface area contributed by atoms with E-state index in [0.29, 0.717) is 11.4 Å². The molecule has 0 aliphatic carbocycles. The Hall–Kier alpha value is -1.09. The topological polar surface area (TPSA) is 42.4 Å². The Balaban J connectivity index is 2.93. The molecule has 0 unspecified atom stereocenters. The van der Waals surface area contributed by atoms with Gasteiger partial charge in [-0.3, -0.25) is 4.98 Å². The summed E-state index contributed by atoms with van der Waals surface area (Å²) in [7, 11) is 1.58. The molecule has 1 N–H and O–H groups in total. The predicted octanol–water partition coefficient (Wildman–Crippen LogP) is 1.32. The summed E-state index contributed by atoms with van der Waals surface area (Å²) in [6.07, 6.45) is 1.59. The number of hydrogen-bond acceptors (Lipinski definition) is 3. The molecular formula is C9H13NO2. The Bertz CT molecular complexity index is 248. The zero-order valence-electron chi connectivity index (χ0n) is 7.53. The second-order valence-corrected chi connectivity index (χ2v) is 3.14. The van der Waals surface area contributed by atoms with Crippen molar-refractivity contribution in [2.45, 2.75) is 19.4 Å². The minimum Gasteiger partial charge on any atom is -0.495 e. The maximum absolute atomic E-state index is 9.55. The van der Waals surface area contributed by atoms with E-state index in [2.05, 4.69) is 4.98 Å². The summed E-state index contributed by atoms with van der Waals surface area (Å²) in [5.74, 6) is 0.697. The third kappa shape index (κ3) is 1.95. The molecular weight excluding hydrogens is 154 g/mol. The summed E-state index contributed by atoms with van der Waals surface area (Å²) < 4.78 is 4.94. The van der Waals surface area contributed by atoms with Gasteiger partial charge in [0.05, 0.1) is 19.0 Å². The maximum Gasteiger partial charge on any atom is 0.137 e. The Morgan fingerprint density at radius 2 is 2.08 bits per heavy atom. The van der Waals surface area contributed by atoms with Crippen LogP contribution in [0.15, 0.2) is 18.3 Å². The first-order valence-corrected chi connectivity index (χ1v) is 3.77. The highest BCUT2D eigenvalue weighted by Gasteiger charge is 2.16. The average molecular weight is 167 g/mol. The van der Waals surface area contributed by atoms with E-state index < -0.39 is 5.60 Å². The highest BCUT2D eigenvalue weighted by Crippen LogP contribution is 2.18. The zero-order chi connectivity index (χ0) is 9.19. The number of ether oxygens (including phenoxy) is 1. The van der Waals surface area contributed by atoms with Crippen LogP contribution in [-0.4, -0.2) is 17.2 Å². The minimum atomic E-state index is -0.883. The second-order valence-electron chi connectivity index (χ2n) is 3.14. The first kappa shape index (κ1) is 9.00. The van der Waals surface area contributed by atoms with Crippen molar-refractivity contribution in [1.82, 2.24) is 4.98 Å². The lowest BCUT2D eigenvalue weighted by molar-refractivity contribution is 0.0737. The summed E-state index contributed by atoms with van der Waals surface area (Å²) in [5.41, 5.74) is -0.241. The van der Waals surface area contributed by atoms with E-state index in [-0.39, 0.29) is 0 Å². The van der Waals surface area contributed by atoms with Crippen molar-refractivity contribution in [2.24, 2.45) is 0 Å². The van der Waals surface area contributed by atoms with Gasteiger partial charge in [0.2, 0.25) is 0 Å². The predicted molar refractivity (Wildman–Crippen MR) is 46.0 cm³/mol. The fourth-order valence-corrected chi connectivity index (χ4v) is 0.863. The van der Waals surface area contributed by atoms with Gasteiger partial charge >= 0.3 is 0 Å². The van der Waals surface area contributed by atoms with Gasteiger partial charge in [0, 0.05) is 0 Å². The van der Waals surface area contributed by atoms with Crippen LogP contribution in [0.2, 0.25) is 0 Å². The molecule has 3 heteroatoms. The largest absolute Gasteiger partial charge is 0.495 e. The lowest BCUT2D eigenvalue weighted by Gasteiger charge is -2.15. The summed E-state index contributed by atoms with van der Waals surface area (Å²) in [5, 5.41) is 9.55. The fourth-order valence-electron chi connectivity index (χ4n) is 0.863. The normalized spacial score (nSPS) is 11.3. The number of methoxy groups -OCH3 is 1. The monoisotopic (exact) mass is 167 g/mol. The molecule has 1 aromatic heterocycles. The van der Waals surface area contributed by atoms with Crippen LogP contribution in [0.4, 0.5) is 0 Å². The SMILES string of the molecule is COc1ccc(C(C)(C)O)nc1. The van der Waals surface area contributed by atoms with Gasteiger partial charge in [-0.15, -0.1) is 0 Å². The second kappa shape index (κ2) is 3.11. The van der Waals surface area contributed by atoms with Crippen LogP contribution >= 0.6 is 0 Å². The molecule has 0 spiro atoms. The van der Waals surface area contributed by atoms with Gasteiger partial charge in [-0.2, -0.15) is 0 Å². The smallest absolute Gasteiger partial charge is 0.137 e. The van der Waals surface area contributed by atoms with Gasteiger partial charge < -0.3 is 9.84 Å². The van der Waals surface area contributed by atoms with E-state index in [0.717, 1.165) is 0 Å². The number of hydrogen-bond donors (Lipinski definition) is 1. The first-order chi connectivity index (χ1) is 5.54. The average Bonchev–Trinajstić information content (AvgIpc) is 2.03. The fraction of sp³-hybridized carbons (Fsp3) is 0.444. The van der Waals surface area contributed by atoms with Gasteiger partial charge in [0.15, 0.2) is 0 Å². The minimum absolute atomic E-state index is 0.642. The quantitative estimate of drug-likeness (QED) is 0.722. The molecule has 0 fully saturated rings. The summed E-state index contributed by atoms with van der Waals surface area (Å²) in [6.45, 7) is 3.39. The van der Waals surface area contributed by atoms with Crippen LogP contribution < -0.4 is 4.74 Å². The molecule has 3 nitrogen and oxygen atoms in total. The van der Waals surface area contributed by atoms with Crippen molar-refractivity contribution in [1.29, 1.82) is 0 Å². The van der Waals surface area contributed by atoms with Crippen LogP contribution in [0.1, 0.15) is 19.5 Å². The molecule has 0 atom stereocenters. The van der Waals surface area contributed by atoms with Gasteiger partial charge in [0.1, 0.15) is 11.4 Å². The van der Waals surface area contributed by atoms with Crippen molar-refractivity contribution in [3.8, 4) is 5.75 Å². The summed E-state index contributed by atoms with van der Waals surface area (Å²) in [4.78, 5) is 4.05. The van der Waals surface area contributed by atoms with Crippen LogP contribution in [0.3, 0.4) is 0 Å². The van der Waals surface area contributed by atoms with Gasteiger partial charge in [-0.25, -0.2) is 0 Å². The van der Waals surface area contributed by atoms with Crippen molar-refractivity contribution >= 4 is 0 Å². The maximum atomic E-state index is 9.55. The molecule has 0 aliphatic rings. The number of aromatic nitrogens is 1. The molecule has 0 saturated heterocycles. The van der Waals surface area contributed by atoms with Crippen molar-refractivity contribution < 1.29 is 9.84 Å². The first-order valence-electron chi connectivity index (χ1n) is 3.77. The lowest BCUT2D eigenvalue weighted by atomic mass is 10.1. The Kier molecular flexibility index (Phi) is 2.33. The lowest BCUT2D eigenvalue weighted by Crippen LogP contribution is -2.16. The van der Waals surface area contributed by atoms with E-state index in [9.17, 15) is 5.11 Å². The highest BCUT2D eigenvalue weighted by molar-refractivity contribution is 5.22. The zero-order valence-corrected chi connectivity index (χ0v) is 7.53. The third-order valence-electron chi connectivity index (χ3n) is 1.60. The van der Waals surface area contributed by atoms with Crippen LogP contribution in [0.25, 0.3) is 0 Å². The molecule has 1 heterocycles. The number of pyridine rings is 1. The van der Waals surface area contributed by atoms with E-state index in [1.54, 1.807) is 39.3 Å². The van der Waals surface area contributed by atoms with E-state index in [4.69, 9.17) is 4.74 Å². The molecule has 12 heavy (non-hydrogen) atoms. The number of rotatable bonds is 2. The Labute approximate surface area is 72.0 Å². The molecule has 0 bridgehead atoms. The number of nitrogens with zero attached hydrogens (tertiary/aromatic N) is 1. The van der Waals surface area contributed by atoms with Gasteiger partial charge in [-0.05, 0) is 26.0 Å². The molecule has 0 aliphatic heterocycles. The van der Waals surface area contributed by atoms with Crippen LogP contribution in [-0.2, 0) is 5.60 Å². The van der Waals surface area contributed by atoms with Crippen molar-refractivity contribution in [2.75, 3.05) is 7.11 Å². The van der Waals surface area contributed by atoms with E-state index in [1.165, 1.54) is 0 Å². The molecule has 0 aromatic carbocycles. The van der Waals surface area contributed by atoms with Crippen molar-refractivity contribution in [3.63, 3.8) is 0 Å². The van der Waals surface area contributed by atoms with Crippen LogP contribution in [0, 0.1) is 0 Å². The van der Waals surface area contributed by atoms with E-state index >= 15 is 0 Å². The van der Waals surface area contributed by atoms with Gasteiger partial charge in [-0.1, -0.05) is 0 Å². The molecule has 1 aromatic rings. The highest BCUT2D eigenvalue weighted by atomic mass is 16.5. The molecule has 0 radical (unpaired) electrons. The van der Waals surface area contributed by atoms with Crippen LogP contribution in [0.5, 0.6) is 5.75 Å². The molecule has 1 rings (SSSR count). The van der Waals surface area contributed by atoms with Crippen molar-refractivity contribution in [3.05, 3.63) is 24.0 Å². The molecule has 66 valence electrons. The Morgan fingerprint density at radius 3 is 2.42 bits per heavy atom. The standard InChI is InChI=1S/C9H13NO2/c1-9(2,11)8-5-4-7(12-3)6-10-8/h4-6,11H,1-3H3. The molecule has 0 saturated carbocycles. The summed E-state index contributed by atoms with van der Waals surface area (Å²) in [6, 6.07) is 3.53.